The van der Waals surface area contributed by atoms with Crippen LogP contribution in [0.15, 0.2) is 0 Å². The molecule has 0 saturated carbocycles. The Kier molecular flexibility index (Phi) is 4.70. The summed E-state index contributed by atoms with van der Waals surface area (Å²) in [5, 5.41) is 1.09. The average Bonchev–Trinajstić information content (AvgIpc) is 2.02. The summed E-state index contributed by atoms with van der Waals surface area (Å²) in [6, 6.07) is 0. The van der Waals surface area contributed by atoms with E-state index < -0.39 is 0 Å². The third-order valence-corrected chi connectivity index (χ3v) is 3.43. The quantitative estimate of drug-likeness (QED) is 0.711. The van der Waals surface area contributed by atoms with Gasteiger partial charge in [-0.2, -0.15) is 0 Å². The van der Waals surface area contributed by atoms with Gasteiger partial charge < -0.3 is 4.74 Å². The van der Waals surface area contributed by atoms with Crippen LogP contribution in [0.3, 0.4) is 0 Å². The molecule has 1 heterocycles. The van der Waals surface area contributed by atoms with Crippen LogP contribution in [0.4, 0.5) is 0 Å². The molecular weight excluding hydrogens is 230 g/mol. The molecular formula is C10H20BrNO. The molecule has 1 aliphatic heterocycles. The largest absolute Gasteiger partial charge is 0.373 e. The molecule has 0 aromatic rings. The second-order valence-corrected chi connectivity index (χ2v) is 4.88. The van der Waals surface area contributed by atoms with E-state index in [1.54, 1.807) is 0 Å². The zero-order chi connectivity index (χ0) is 9.84. The van der Waals surface area contributed by atoms with Crippen molar-refractivity contribution in [2.24, 2.45) is 5.92 Å². The van der Waals surface area contributed by atoms with Crippen molar-refractivity contribution in [3.05, 3.63) is 0 Å². The molecule has 0 aliphatic carbocycles. The summed E-state index contributed by atoms with van der Waals surface area (Å²) < 4.78 is 5.68. The summed E-state index contributed by atoms with van der Waals surface area (Å²) >= 11 is 3.51. The Morgan fingerprint density at radius 2 is 1.92 bits per heavy atom. The van der Waals surface area contributed by atoms with E-state index in [1.807, 2.05) is 0 Å². The molecule has 2 nitrogen and oxygen atoms in total. The first-order valence-corrected chi connectivity index (χ1v) is 6.17. The molecule has 1 aliphatic rings. The van der Waals surface area contributed by atoms with Gasteiger partial charge in [-0.15, -0.1) is 0 Å². The third-order valence-electron chi connectivity index (χ3n) is 2.33. The lowest BCUT2D eigenvalue weighted by molar-refractivity contribution is -0.0702. The maximum absolute atomic E-state index is 5.68. The minimum atomic E-state index is 0.395. The fourth-order valence-electron chi connectivity index (χ4n) is 1.92. The normalized spacial score (nSPS) is 33.2. The van der Waals surface area contributed by atoms with Crippen molar-refractivity contribution in [3.8, 4) is 0 Å². The van der Waals surface area contributed by atoms with E-state index in [9.17, 15) is 0 Å². The zero-order valence-electron chi connectivity index (χ0n) is 8.79. The molecule has 3 heteroatoms. The van der Waals surface area contributed by atoms with Crippen LogP contribution in [0.25, 0.3) is 0 Å². The first kappa shape index (κ1) is 11.5. The third kappa shape index (κ3) is 3.96. The molecule has 0 N–H and O–H groups in total. The molecule has 0 bridgehead atoms. The van der Waals surface area contributed by atoms with Gasteiger partial charge in [0.15, 0.2) is 0 Å². The van der Waals surface area contributed by atoms with Gasteiger partial charge in [-0.25, -0.2) is 0 Å². The molecule has 0 spiro atoms. The maximum atomic E-state index is 5.68. The molecule has 1 saturated heterocycles. The van der Waals surface area contributed by atoms with Crippen molar-refractivity contribution in [2.75, 3.05) is 25.0 Å². The van der Waals surface area contributed by atoms with E-state index in [2.05, 4.69) is 41.6 Å². The van der Waals surface area contributed by atoms with Crippen molar-refractivity contribution in [1.82, 2.24) is 4.90 Å². The Morgan fingerprint density at radius 1 is 1.38 bits per heavy atom. The van der Waals surface area contributed by atoms with Gasteiger partial charge in [0, 0.05) is 25.0 Å². The molecule has 1 rings (SSSR count). The molecule has 0 aromatic heterocycles. The summed E-state index contributed by atoms with van der Waals surface area (Å²) in [4.78, 5) is 2.50. The molecule has 13 heavy (non-hydrogen) atoms. The van der Waals surface area contributed by atoms with Gasteiger partial charge in [-0.3, -0.25) is 4.90 Å². The predicted molar refractivity (Wildman–Crippen MR) is 59.4 cm³/mol. The fraction of sp³-hybridized carbons (Fsp3) is 1.00. The highest BCUT2D eigenvalue weighted by Gasteiger charge is 2.22. The lowest BCUT2D eigenvalue weighted by atomic mass is 10.1. The number of halogens is 1. The van der Waals surface area contributed by atoms with E-state index in [4.69, 9.17) is 4.74 Å². The lowest BCUT2D eigenvalue weighted by Gasteiger charge is -2.36. The lowest BCUT2D eigenvalue weighted by Crippen LogP contribution is -2.46. The second kappa shape index (κ2) is 5.32. The minimum Gasteiger partial charge on any atom is -0.373 e. The number of hydrogen-bond acceptors (Lipinski definition) is 2. The summed E-state index contributed by atoms with van der Waals surface area (Å²) in [6.07, 6.45) is 0.789. The Morgan fingerprint density at radius 3 is 2.38 bits per heavy atom. The van der Waals surface area contributed by atoms with Crippen LogP contribution in [0, 0.1) is 5.92 Å². The Balaban J connectivity index is 2.32. The molecule has 0 amide bonds. The number of alkyl halides is 1. The van der Waals surface area contributed by atoms with Crippen LogP contribution in [-0.2, 0) is 4.74 Å². The van der Waals surface area contributed by atoms with Crippen molar-refractivity contribution >= 4 is 15.9 Å². The van der Waals surface area contributed by atoms with Crippen molar-refractivity contribution in [2.45, 2.75) is 33.0 Å². The minimum absolute atomic E-state index is 0.395. The highest BCUT2D eigenvalue weighted by molar-refractivity contribution is 9.09. The van der Waals surface area contributed by atoms with E-state index in [-0.39, 0.29) is 0 Å². The van der Waals surface area contributed by atoms with E-state index >= 15 is 0 Å². The van der Waals surface area contributed by atoms with Crippen LogP contribution >= 0.6 is 15.9 Å². The van der Waals surface area contributed by atoms with Crippen molar-refractivity contribution in [3.63, 3.8) is 0 Å². The smallest absolute Gasteiger partial charge is 0.0678 e. The van der Waals surface area contributed by atoms with Gasteiger partial charge >= 0.3 is 0 Å². The van der Waals surface area contributed by atoms with Crippen LogP contribution < -0.4 is 0 Å². The molecule has 0 aromatic carbocycles. The Labute approximate surface area is 89.8 Å². The number of nitrogens with zero attached hydrogens (tertiary/aromatic N) is 1. The summed E-state index contributed by atoms with van der Waals surface area (Å²) in [7, 11) is 0. The first-order valence-electron chi connectivity index (χ1n) is 5.05. The number of hydrogen-bond donors (Lipinski definition) is 0. The van der Waals surface area contributed by atoms with Crippen LogP contribution in [-0.4, -0.2) is 42.1 Å². The topological polar surface area (TPSA) is 12.5 Å². The molecule has 78 valence electrons. The highest BCUT2D eigenvalue weighted by Crippen LogP contribution is 2.13. The van der Waals surface area contributed by atoms with Crippen LogP contribution in [0.2, 0.25) is 0 Å². The van der Waals surface area contributed by atoms with E-state index in [1.165, 1.54) is 6.54 Å². The van der Waals surface area contributed by atoms with Gasteiger partial charge in [0.1, 0.15) is 0 Å². The maximum Gasteiger partial charge on any atom is 0.0678 e. The molecule has 0 radical (unpaired) electrons. The van der Waals surface area contributed by atoms with Crippen molar-refractivity contribution < 1.29 is 4.74 Å². The highest BCUT2D eigenvalue weighted by atomic mass is 79.9. The van der Waals surface area contributed by atoms with Crippen molar-refractivity contribution in [1.29, 1.82) is 0 Å². The first-order chi connectivity index (χ1) is 6.11. The molecule has 3 atom stereocenters. The SMILES string of the molecule is CC(CBr)CN1C[C@@H](C)O[C@@H](C)C1. The van der Waals surface area contributed by atoms with Gasteiger partial charge in [0.05, 0.1) is 12.2 Å². The molecule has 1 unspecified atom stereocenters. The van der Waals surface area contributed by atoms with E-state index in [0.717, 1.165) is 24.3 Å². The van der Waals surface area contributed by atoms with Crippen LogP contribution in [0.5, 0.6) is 0 Å². The summed E-state index contributed by atoms with van der Waals surface area (Å²) in [5.41, 5.74) is 0. The standard InChI is InChI=1S/C10H20BrNO/c1-8(4-11)5-12-6-9(2)13-10(3)7-12/h8-10H,4-7H2,1-3H3/t8?,9-,10+. The van der Waals surface area contributed by atoms with Crippen LogP contribution in [0.1, 0.15) is 20.8 Å². The van der Waals surface area contributed by atoms with Gasteiger partial charge in [0.2, 0.25) is 0 Å². The van der Waals surface area contributed by atoms with Gasteiger partial charge in [-0.1, -0.05) is 22.9 Å². The summed E-state index contributed by atoms with van der Waals surface area (Å²) in [6.45, 7) is 9.94. The fourth-order valence-corrected chi connectivity index (χ4v) is 2.13. The van der Waals surface area contributed by atoms with E-state index in [0.29, 0.717) is 12.2 Å². The van der Waals surface area contributed by atoms with Gasteiger partial charge in [0.25, 0.3) is 0 Å². The Hall–Kier alpha value is 0.400. The second-order valence-electron chi connectivity index (χ2n) is 4.24. The zero-order valence-corrected chi connectivity index (χ0v) is 10.4. The summed E-state index contributed by atoms with van der Waals surface area (Å²) in [5.74, 6) is 0.734. The number of morpholine rings is 1. The average molecular weight is 250 g/mol. The van der Waals surface area contributed by atoms with Gasteiger partial charge in [-0.05, 0) is 19.8 Å². The number of rotatable bonds is 3. The predicted octanol–water partition coefficient (Wildman–Crippen LogP) is 2.13. The number of ether oxygens (including phenoxy) is 1. The Bertz CT molecular complexity index is 144. The molecule has 1 fully saturated rings. The monoisotopic (exact) mass is 249 g/mol.